The summed E-state index contributed by atoms with van der Waals surface area (Å²) in [6, 6.07) is 7.58. The SMILES string of the molecule is CC(=O)N[C@@H]1Cc2ccccc2[C@H]1O. The molecule has 1 aromatic carbocycles. The van der Waals surface area contributed by atoms with E-state index in [1.165, 1.54) is 6.92 Å². The first-order valence-electron chi connectivity index (χ1n) is 4.71. The van der Waals surface area contributed by atoms with Gasteiger partial charge in [-0.05, 0) is 17.5 Å². The highest BCUT2D eigenvalue weighted by atomic mass is 16.3. The van der Waals surface area contributed by atoms with Crippen molar-refractivity contribution in [1.29, 1.82) is 0 Å². The third kappa shape index (κ3) is 1.51. The van der Waals surface area contributed by atoms with Gasteiger partial charge in [-0.2, -0.15) is 0 Å². The van der Waals surface area contributed by atoms with Crippen LogP contribution in [-0.4, -0.2) is 17.1 Å². The lowest BCUT2D eigenvalue weighted by Crippen LogP contribution is -2.36. The molecule has 3 nitrogen and oxygen atoms in total. The van der Waals surface area contributed by atoms with E-state index in [0.717, 1.165) is 17.5 Å². The van der Waals surface area contributed by atoms with E-state index in [-0.39, 0.29) is 11.9 Å². The molecule has 1 aliphatic carbocycles. The van der Waals surface area contributed by atoms with Gasteiger partial charge in [0.1, 0.15) is 0 Å². The van der Waals surface area contributed by atoms with Crippen LogP contribution in [0.1, 0.15) is 24.2 Å². The van der Waals surface area contributed by atoms with Crippen molar-refractivity contribution in [1.82, 2.24) is 5.32 Å². The third-order valence-corrected chi connectivity index (χ3v) is 2.58. The molecule has 2 rings (SSSR count). The number of amides is 1. The summed E-state index contributed by atoms with van der Waals surface area (Å²) in [5.41, 5.74) is 2.06. The zero-order valence-corrected chi connectivity index (χ0v) is 8.03. The van der Waals surface area contributed by atoms with Gasteiger partial charge in [-0.3, -0.25) is 4.79 Å². The number of rotatable bonds is 1. The first kappa shape index (κ1) is 9.21. The molecule has 0 fully saturated rings. The maximum Gasteiger partial charge on any atom is 0.217 e. The van der Waals surface area contributed by atoms with Crippen LogP contribution >= 0.6 is 0 Å². The number of nitrogens with one attached hydrogen (secondary N) is 1. The lowest BCUT2D eigenvalue weighted by molar-refractivity contribution is -0.120. The minimum Gasteiger partial charge on any atom is -0.386 e. The lowest BCUT2D eigenvalue weighted by atomic mass is 10.1. The minimum absolute atomic E-state index is 0.0955. The van der Waals surface area contributed by atoms with Crippen LogP contribution < -0.4 is 5.32 Å². The average molecular weight is 191 g/mol. The monoisotopic (exact) mass is 191 g/mol. The van der Waals surface area contributed by atoms with Gasteiger partial charge in [-0.25, -0.2) is 0 Å². The summed E-state index contributed by atoms with van der Waals surface area (Å²) < 4.78 is 0. The smallest absolute Gasteiger partial charge is 0.217 e. The van der Waals surface area contributed by atoms with E-state index >= 15 is 0 Å². The topological polar surface area (TPSA) is 49.3 Å². The van der Waals surface area contributed by atoms with E-state index in [1.807, 2.05) is 24.3 Å². The Balaban J connectivity index is 2.21. The molecule has 0 bridgehead atoms. The van der Waals surface area contributed by atoms with Crippen LogP contribution in [0.4, 0.5) is 0 Å². The number of hydrogen-bond acceptors (Lipinski definition) is 2. The summed E-state index contributed by atoms with van der Waals surface area (Å²) >= 11 is 0. The predicted molar refractivity (Wildman–Crippen MR) is 52.7 cm³/mol. The molecule has 1 aliphatic rings. The first-order valence-corrected chi connectivity index (χ1v) is 4.71. The molecule has 14 heavy (non-hydrogen) atoms. The Hall–Kier alpha value is -1.35. The highest BCUT2D eigenvalue weighted by Crippen LogP contribution is 2.30. The van der Waals surface area contributed by atoms with E-state index in [0.29, 0.717) is 0 Å². The Morgan fingerprint density at radius 2 is 2.21 bits per heavy atom. The zero-order chi connectivity index (χ0) is 10.1. The fourth-order valence-corrected chi connectivity index (χ4v) is 1.96. The second-order valence-electron chi connectivity index (χ2n) is 3.65. The van der Waals surface area contributed by atoms with Gasteiger partial charge in [0.2, 0.25) is 5.91 Å². The van der Waals surface area contributed by atoms with Gasteiger partial charge in [0.15, 0.2) is 0 Å². The number of benzene rings is 1. The van der Waals surface area contributed by atoms with Crippen molar-refractivity contribution in [2.75, 3.05) is 0 Å². The fourth-order valence-electron chi connectivity index (χ4n) is 1.96. The number of carbonyl (C=O) groups is 1. The summed E-state index contributed by atoms with van der Waals surface area (Å²) in [5, 5.41) is 12.6. The van der Waals surface area contributed by atoms with Crippen LogP contribution in [0, 0.1) is 0 Å². The molecular formula is C11H13NO2. The van der Waals surface area contributed by atoms with E-state index in [2.05, 4.69) is 5.32 Å². The van der Waals surface area contributed by atoms with E-state index in [1.54, 1.807) is 0 Å². The van der Waals surface area contributed by atoms with E-state index < -0.39 is 6.10 Å². The van der Waals surface area contributed by atoms with Crippen molar-refractivity contribution in [3.05, 3.63) is 35.4 Å². The van der Waals surface area contributed by atoms with Crippen molar-refractivity contribution in [3.8, 4) is 0 Å². The minimum atomic E-state index is -0.560. The van der Waals surface area contributed by atoms with Gasteiger partial charge in [0, 0.05) is 6.92 Å². The van der Waals surface area contributed by atoms with Crippen LogP contribution in [-0.2, 0) is 11.2 Å². The molecule has 0 heterocycles. The third-order valence-electron chi connectivity index (χ3n) is 2.58. The summed E-state index contributed by atoms with van der Waals surface area (Å²) in [6.07, 6.45) is 0.159. The number of aliphatic hydroxyl groups is 1. The molecule has 3 heteroatoms. The first-order chi connectivity index (χ1) is 6.68. The maximum atomic E-state index is 10.9. The van der Waals surface area contributed by atoms with Gasteiger partial charge >= 0.3 is 0 Å². The van der Waals surface area contributed by atoms with Crippen molar-refractivity contribution in [2.24, 2.45) is 0 Å². The standard InChI is InChI=1S/C11H13NO2/c1-7(13)12-10-6-8-4-2-3-5-9(8)11(10)14/h2-5,10-11,14H,6H2,1H3,(H,12,13)/t10-,11-/m1/s1. The number of aliphatic hydroxyl groups excluding tert-OH is 1. The highest BCUT2D eigenvalue weighted by molar-refractivity contribution is 5.73. The van der Waals surface area contributed by atoms with Gasteiger partial charge in [0.05, 0.1) is 12.1 Å². The molecule has 1 aromatic rings. The Labute approximate surface area is 82.8 Å². The van der Waals surface area contributed by atoms with Gasteiger partial charge in [0.25, 0.3) is 0 Å². The highest BCUT2D eigenvalue weighted by Gasteiger charge is 2.30. The van der Waals surface area contributed by atoms with E-state index in [4.69, 9.17) is 0 Å². The van der Waals surface area contributed by atoms with E-state index in [9.17, 15) is 9.90 Å². The van der Waals surface area contributed by atoms with Crippen LogP contribution in [0.15, 0.2) is 24.3 Å². The number of fused-ring (bicyclic) bond motifs is 1. The Kier molecular flexibility index (Phi) is 2.25. The summed E-state index contributed by atoms with van der Waals surface area (Å²) in [4.78, 5) is 10.9. The molecule has 0 radical (unpaired) electrons. The Morgan fingerprint density at radius 1 is 1.50 bits per heavy atom. The molecule has 74 valence electrons. The average Bonchev–Trinajstić information content (AvgIpc) is 2.44. The quantitative estimate of drug-likeness (QED) is 0.689. The summed E-state index contributed by atoms with van der Waals surface area (Å²) in [6.45, 7) is 1.47. The molecule has 2 atom stereocenters. The molecule has 0 aliphatic heterocycles. The van der Waals surface area contributed by atoms with Crippen molar-refractivity contribution in [2.45, 2.75) is 25.5 Å². The van der Waals surface area contributed by atoms with Crippen LogP contribution in [0.3, 0.4) is 0 Å². The lowest BCUT2D eigenvalue weighted by Gasteiger charge is -2.15. The normalized spacial score (nSPS) is 24.4. The molecule has 0 spiro atoms. The van der Waals surface area contributed by atoms with Gasteiger partial charge in [-0.1, -0.05) is 24.3 Å². The number of hydrogen-bond donors (Lipinski definition) is 2. The van der Waals surface area contributed by atoms with Crippen molar-refractivity contribution >= 4 is 5.91 Å². The van der Waals surface area contributed by atoms with Crippen molar-refractivity contribution < 1.29 is 9.90 Å². The second-order valence-corrected chi connectivity index (χ2v) is 3.65. The second kappa shape index (κ2) is 3.42. The summed E-state index contributed by atoms with van der Waals surface area (Å²) in [7, 11) is 0. The molecule has 2 N–H and O–H groups in total. The molecule has 0 aromatic heterocycles. The maximum absolute atomic E-state index is 10.9. The largest absolute Gasteiger partial charge is 0.386 e. The molecule has 1 amide bonds. The Morgan fingerprint density at radius 3 is 2.86 bits per heavy atom. The molecule has 0 unspecified atom stereocenters. The van der Waals surface area contributed by atoms with Crippen LogP contribution in [0.5, 0.6) is 0 Å². The zero-order valence-electron chi connectivity index (χ0n) is 8.03. The Bertz CT molecular complexity index is 362. The van der Waals surface area contributed by atoms with Gasteiger partial charge < -0.3 is 10.4 Å². The predicted octanol–water partition coefficient (Wildman–Crippen LogP) is 0.781. The van der Waals surface area contributed by atoms with Crippen LogP contribution in [0.2, 0.25) is 0 Å². The summed E-state index contributed by atoms with van der Waals surface area (Å²) in [5.74, 6) is -0.0955. The fraction of sp³-hybridized carbons (Fsp3) is 0.364. The van der Waals surface area contributed by atoms with Gasteiger partial charge in [-0.15, -0.1) is 0 Å². The molecule has 0 saturated carbocycles. The molecular weight excluding hydrogens is 178 g/mol. The van der Waals surface area contributed by atoms with Crippen molar-refractivity contribution in [3.63, 3.8) is 0 Å². The van der Waals surface area contributed by atoms with Crippen LogP contribution in [0.25, 0.3) is 0 Å². The number of carbonyl (C=O) groups excluding carboxylic acids is 1. The molecule has 0 saturated heterocycles.